The Kier molecular flexibility index (Phi) is 3.84. The molecule has 0 spiro atoms. The van der Waals surface area contributed by atoms with Crippen molar-refractivity contribution in [2.24, 2.45) is 0 Å². The topological polar surface area (TPSA) is 39.4 Å². The van der Waals surface area contributed by atoms with E-state index in [0.717, 1.165) is 34.0 Å². The van der Waals surface area contributed by atoms with Crippen molar-refractivity contribution < 1.29 is 4.74 Å². The van der Waals surface area contributed by atoms with E-state index in [9.17, 15) is 0 Å². The van der Waals surface area contributed by atoms with Gasteiger partial charge in [-0.1, -0.05) is 0 Å². The predicted octanol–water partition coefficient (Wildman–Crippen LogP) is 3.71. The van der Waals surface area contributed by atoms with Crippen molar-refractivity contribution in [2.45, 2.75) is 13.8 Å². The van der Waals surface area contributed by atoms with Gasteiger partial charge in [-0.25, -0.2) is 9.50 Å². The predicted molar refractivity (Wildman–Crippen MR) is 86.9 cm³/mol. The Hall–Kier alpha value is -2.01. The Morgan fingerprint density at radius 2 is 1.90 bits per heavy atom. The molecule has 3 rings (SSSR count). The van der Waals surface area contributed by atoms with Gasteiger partial charge in [0.25, 0.3) is 0 Å². The van der Waals surface area contributed by atoms with E-state index >= 15 is 0 Å². The van der Waals surface area contributed by atoms with E-state index in [1.807, 2.05) is 61.0 Å². The van der Waals surface area contributed by atoms with Crippen LogP contribution in [0.1, 0.15) is 11.4 Å². The molecule has 1 aromatic carbocycles. The van der Waals surface area contributed by atoms with Crippen LogP contribution in [0.3, 0.4) is 0 Å². The van der Waals surface area contributed by atoms with E-state index < -0.39 is 0 Å². The van der Waals surface area contributed by atoms with Gasteiger partial charge in [-0.2, -0.15) is 5.10 Å². The number of aromatic nitrogens is 3. The molecule has 2 heterocycles. The molecule has 0 bridgehead atoms. The van der Waals surface area contributed by atoms with E-state index in [2.05, 4.69) is 10.1 Å². The Morgan fingerprint density at radius 1 is 1.14 bits per heavy atom. The second-order valence-corrected chi connectivity index (χ2v) is 5.73. The number of hydrogen-bond donors (Lipinski definition) is 0. The minimum absolute atomic E-state index is 0.663. The van der Waals surface area contributed by atoms with Crippen LogP contribution in [0.5, 0.6) is 5.75 Å². The van der Waals surface area contributed by atoms with Crippen LogP contribution in [-0.4, -0.2) is 26.8 Å². The number of rotatable bonds is 4. The van der Waals surface area contributed by atoms with Crippen molar-refractivity contribution in [3.8, 4) is 17.0 Å². The van der Waals surface area contributed by atoms with Gasteiger partial charge in [-0.15, -0.1) is 11.8 Å². The summed E-state index contributed by atoms with van der Waals surface area (Å²) < 4.78 is 7.44. The molecule has 0 N–H and O–H groups in total. The Labute approximate surface area is 128 Å². The van der Waals surface area contributed by atoms with E-state index in [4.69, 9.17) is 4.74 Å². The lowest BCUT2D eigenvalue weighted by Gasteiger charge is -2.04. The highest BCUT2D eigenvalue weighted by Crippen LogP contribution is 2.23. The molecule has 0 aliphatic rings. The highest BCUT2D eigenvalue weighted by molar-refractivity contribution is 7.98. The third kappa shape index (κ3) is 2.88. The van der Waals surface area contributed by atoms with Crippen LogP contribution in [0.2, 0.25) is 0 Å². The van der Waals surface area contributed by atoms with Gasteiger partial charge in [0.15, 0.2) is 5.65 Å². The lowest BCUT2D eigenvalue weighted by atomic mass is 10.1. The third-order valence-electron chi connectivity index (χ3n) is 3.23. The fourth-order valence-electron chi connectivity index (χ4n) is 2.28. The zero-order valence-corrected chi connectivity index (χ0v) is 13.1. The third-order valence-corrected chi connectivity index (χ3v) is 3.58. The Bertz CT molecular complexity index is 765. The van der Waals surface area contributed by atoms with E-state index in [0.29, 0.717) is 5.94 Å². The second kappa shape index (κ2) is 5.77. The van der Waals surface area contributed by atoms with Gasteiger partial charge in [0, 0.05) is 23.0 Å². The van der Waals surface area contributed by atoms with Crippen LogP contribution in [0.15, 0.2) is 36.4 Å². The first-order chi connectivity index (χ1) is 10.2. The van der Waals surface area contributed by atoms with Gasteiger partial charge < -0.3 is 4.74 Å². The van der Waals surface area contributed by atoms with Crippen LogP contribution >= 0.6 is 11.8 Å². The van der Waals surface area contributed by atoms with Crippen molar-refractivity contribution in [1.29, 1.82) is 0 Å². The van der Waals surface area contributed by atoms with Crippen molar-refractivity contribution in [3.63, 3.8) is 0 Å². The molecular weight excluding hydrogens is 282 g/mol. The summed E-state index contributed by atoms with van der Waals surface area (Å²) in [5, 5.41) is 4.62. The van der Waals surface area contributed by atoms with Gasteiger partial charge >= 0.3 is 0 Å². The van der Waals surface area contributed by atoms with Crippen LogP contribution in [0.4, 0.5) is 0 Å². The summed E-state index contributed by atoms with van der Waals surface area (Å²) in [6.45, 7) is 4.04. The van der Waals surface area contributed by atoms with Crippen LogP contribution in [0.25, 0.3) is 16.9 Å². The fourth-order valence-corrected chi connectivity index (χ4v) is 2.53. The number of nitrogens with zero attached hydrogens (tertiary/aromatic N) is 3. The number of benzene rings is 1. The molecule has 21 heavy (non-hydrogen) atoms. The average Bonchev–Trinajstić information content (AvgIpc) is 2.90. The first-order valence-corrected chi connectivity index (χ1v) is 8.13. The summed E-state index contributed by atoms with van der Waals surface area (Å²) in [4.78, 5) is 4.51. The molecule has 0 aliphatic heterocycles. The van der Waals surface area contributed by atoms with E-state index in [1.165, 1.54) is 0 Å². The summed E-state index contributed by atoms with van der Waals surface area (Å²) in [5.41, 5.74) is 4.96. The molecule has 0 atom stereocenters. The SMILES string of the molecule is CSCOc1ccc(-c2cc3nc(C)cc(C)n3n2)cc1. The normalized spacial score (nSPS) is 11.0. The van der Waals surface area contributed by atoms with Crippen molar-refractivity contribution in [3.05, 3.63) is 47.8 Å². The number of aryl methyl sites for hydroxylation is 2. The minimum atomic E-state index is 0.663. The Balaban J connectivity index is 1.95. The van der Waals surface area contributed by atoms with Crippen molar-refractivity contribution in [1.82, 2.24) is 14.6 Å². The monoisotopic (exact) mass is 299 g/mol. The maximum Gasteiger partial charge on any atom is 0.156 e. The van der Waals surface area contributed by atoms with Crippen molar-refractivity contribution >= 4 is 17.4 Å². The van der Waals surface area contributed by atoms with Crippen LogP contribution in [-0.2, 0) is 0 Å². The maximum atomic E-state index is 5.56. The molecule has 0 fully saturated rings. The molecule has 0 saturated carbocycles. The number of hydrogen-bond acceptors (Lipinski definition) is 4. The Morgan fingerprint density at radius 3 is 2.62 bits per heavy atom. The lowest BCUT2D eigenvalue weighted by molar-refractivity contribution is 0.393. The fraction of sp³-hybridized carbons (Fsp3) is 0.250. The summed E-state index contributed by atoms with van der Waals surface area (Å²) >= 11 is 1.66. The highest BCUT2D eigenvalue weighted by Gasteiger charge is 2.08. The van der Waals surface area contributed by atoms with Crippen molar-refractivity contribution in [2.75, 3.05) is 12.2 Å². The minimum Gasteiger partial charge on any atom is -0.483 e. The highest BCUT2D eigenvalue weighted by atomic mass is 32.2. The molecule has 0 aliphatic carbocycles. The van der Waals surface area contributed by atoms with Gasteiger partial charge in [0.2, 0.25) is 0 Å². The van der Waals surface area contributed by atoms with Crippen LogP contribution in [0, 0.1) is 13.8 Å². The molecule has 0 amide bonds. The zero-order chi connectivity index (χ0) is 14.8. The molecule has 4 nitrogen and oxygen atoms in total. The van der Waals surface area contributed by atoms with E-state index in [-0.39, 0.29) is 0 Å². The van der Waals surface area contributed by atoms with Gasteiger partial charge in [0.1, 0.15) is 11.7 Å². The average molecular weight is 299 g/mol. The first kappa shape index (κ1) is 13.9. The summed E-state index contributed by atoms with van der Waals surface area (Å²) in [7, 11) is 0. The molecule has 0 unspecified atom stereocenters. The van der Waals surface area contributed by atoms with Gasteiger partial charge in [-0.3, -0.25) is 0 Å². The molecule has 0 saturated heterocycles. The molecular formula is C16H17N3OS. The molecule has 108 valence electrons. The largest absolute Gasteiger partial charge is 0.483 e. The van der Waals surface area contributed by atoms with Crippen LogP contribution < -0.4 is 4.74 Å². The first-order valence-electron chi connectivity index (χ1n) is 6.73. The summed E-state index contributed by atoms with van der Waals surface area (Å²) in [5.74, 6) is 1.54. The summed E-state index contributed by atoms with van der Waals surface area (Å²) in [6.07, 6.45) is 2.02. The maximum absolute atomic E-state index is 5.56. The smallest absolute Gasteiger partial charge is 0.156 e. The second-order valence-electron chi connectivity index (χ2n) is 4.91. The number of ether oxygens (including phenoxy) is 1. The lowest BCUT2D eigenvalue weighted by Crippen LogP contribution is -1.96. The molecule has 2 aromatic heterocycles. The molecule has 5 heteroatoms. The van der Waals surface area contributed by atoms with Gasteiger partial charge in [-0.05, 0) is 50.4 Å². The quantitative estimate of drug-likeness (QED) is 0.688. The zero-order valence-electron chi connectivity index (χ0n) is 12.3. The number of thioether (sulfide) groups is 1. The van der Waals surface area contributed by atoms with E-state index in [1.54, 1.807) is 11.8 Å². The molecule has 0 radical (unpaired) electrons. The standard InChI is InChI=1S/C16H17N3OS/c1-11-8-12(2)19-16(17-11)9-15(18-19)13-4-6-14(7-5-13)20-10-21-3/h4-9H,10H2,1-3H3. The number of fused-ring (bicyclic) bond motifs is 1. The summed E-state index contributed by atoms with van der Waals surface area (Å²) in [6, 6.07) is 12.0. The van der Waals surface area contributed by atoms with Gasteiger partial charge in [0.05, 0.1) is 5.69 Å². The molecule has 3 aromatic rings.